The Labute approximate surface area is 241 Å². The van der Waals surface area contributed by atoms with E-state index in [1.54, 1.807) is 36.4 Å². The lowest BCUT2D eigenvalue weighted by Crippen LogP contribution is -2.53. The number of azo groups is 1. The molecule has 11 heteroatoms. The summed E-state index contributed by atoms with van der Waals surface area (Å²) >= 11 is 0. The van der Waals surface area contributed by atoms with E-state index in [1.165, 1.54) is 19.9 Å². The first-order chi connectivity index (χ1) is 18.7. The maximum atomic E-state index is 13.1. The van der Waals surface area contributed by atoms with Crippen LogP contribution in [0.4, 0.5) is 5.69 Å². The van der Waals surface area contributed by atoms with Gasteiger partial charge < -0.3 is 26.6 Å². The Bertz CT molecular complexity index is 1580. The molecule has 4 rings (SSSR count). The normalized spacial score (nSPS) is 13.4. The molecule has 0 fully saturated rings. The van der Waals surface area contributed by atoms with Crippen LogP contribution >= 0.6 is 17.0 Å². The summed E-state index contributed by atoms with van der Waals surface area (Å²) < 4.78 is 0. The molecular formula is C29H30BrN5O5. The maximum Gasteiger partial charge on any atom is 0.287 e. The molecule has 3 amide bonds. The lowest BCUT2D eigenvalue weighted by Gasteiger charge is -2.20. The molecule has 0 aliphatic heterocycles. The Morgan fingerprint density at radius 3 is 2.00 bits per heavy atom. The third-order valence-electron chi connectivity index (χ3n) is 6.28. The summed E-state index contributed by atoms with van der Waals surface area (Å²) in [6.07, 6.45) is 0.150. The summed E-state index contributed by atoms with van der Waals surface area (Å²) in [7, 11) is 0. The van der Waals surface area contributed by atoms with Gasteiger partial charge in [-0.25, -0.2) is 0 Å². The van der Waals surface area contributed by atoms with E-state index >= 15 is 0 Å². The predicted molar refractivity (Wildman–Crippen MR) is 158 cm³/mol. The lowest BCUT2D eigenvalue weighted by atomic mass is 10.0. The molecule has 0 spiro atoms. The third-order valence-corrected chi connectivity index (χ3v) is 6.28. The number of hydrogen-bond acceptors (Lipinski definition) is 7. The molecule has 10 nitrogen and oxygen atoms in total. The number of nitrogens with one attached hydrogen (secondary N) is 2. The minimum absolute atomic E-state index is 0. The van der Waals surface area contributed by atoms with Crippen LogP contribution in [-0.4, -0.2) is 46.1 Å². The fourth-order valence-electron chi connectivity index (χ4n) is 4.12. The first kappa shape index (κ1) is 30.2. The van der Waals surface area contributed by atoms with E-state index in [-0.39, 0.29) is 40.6 Å². The SMILES string of the molecule is Br.CC(NC(=O)[C@H](C)N)C(=O)N[C@H](Cc1ccccc1)C(=O)N=Nc1ccc2c(O)c3ccccc3c(O)c2c1. The molecule has 0 aliphatic rings. The molecule has 6 N–H and O–H groups in total. The number of fused-ring (bicyclic) bond motifs is 2. The number of hydrogen-bond donors (Lipinski definition) is 5. The number of phenolic OH excluding ortho intramolecular Hbond substituents is 2. The van der Waals surface area contributed by atoms with Gasteiger partial charge >= 0.3 is 0 Å². The summed E-state index contributed by atoms with van der Waals surface area (Å²) in [6.45, 7) is 2.99. The Hall–Kier alpha value is -4.35. The molecular weight excluding hydrogens is 578 g/mol. The van der Waals surface area contributed by atoms with Crippen molar-refractivity contribution in [3.05, 3.63) is 78.4 Å². The smallest absolute Gasteiger partial charge is 0.287 e. The zero-order valence-corrected chi connectivity index (χ0v) is 23.6. The van der Waals surface area contributed by atoms with Gasteiger partial charge in [0.15, 0.2) is 0 Å². The van der Waals surface area contributed by atoms with Crippen molar-refractivity contribution in [2.45, 2.75) is 38.4 Å². The van der Waals surface area contributed by atoms with Crippen LogP contribution in [0.3, 0.4) is 0 Å². The highest BCUT2D eigenvalue weighted by atomic mass is 79.9. The van der Waals surface area contributed by atoms with Gasteiger partial charge in [-0.05, 0) is 37.6 Å². The number of carbonyl (C=O) groups is 3. The van der Waals surface area contributed by atoms with Crippen molar-refractivity contribution >= 4 is 61.9 Å². The van der Waals surface area contributed by atoms with E-state index < -0.39 is 35.8 Å². The van der Waals surface area contributed by atoms with Crippen molar-refractivity contribution in [3.63, 3.8) is 0 Å². The summed E-state index contributed by atoms with van der Waals surface area (Å²) in [4.78, 5) is 37.7. The van der Waals surface area contributed by atoms with Gasteiger partial charge in [-0.1, -0.05) is 54.6 Å². The molecule has 0 aromatic heterocycles. The van der Waals surface area contributed by atoms with Gasteiger partial charge in [-0.3, -0.25) is 14.4 Å². The second-order valence-electron chi connectivity index (χ2n) is 9.28. The van der Waals surface area contributed by atoms with E-state index in [4.69, 9.17) is 5.73 Å². The largest absolute Gasteiger partial charge is 0.507 e. The van der Waals surface area contributed by atoms with Crippen molar-refractivity contribution in [3.8, 4) is 11.5 Å². The number of amides is 3. The topological polar surface area (TPSA) is 166 Å². The fourth-order valence-corrected chi connectivity index (χ4v) is 4.12. The van der Waals surface area contributed by atoms with Gasteiger partial charge in [0.05, 0.1) is 11.7 Å². The molecule has 0 aliphatic carbocycles. The van der Waals surface area contributed by atoms with Crippen LogP contribution in [0.25, 0.3) is 21.5 Å². The van der Waals surface area contributed by atoms with E-state index in [9.17, 15) is 24.6 Å². The average Bonchev–Trinajstić information content (AvgIpc) is 2.94. The maximum absolute atomic E-state index is 13.1. The zero-order valence-electron chi connectivity index (χ0n) is 21.9. The summed E-state index contributed by atoms with van der Waals surface area (Å²) in [5, 5.41) is 36.3. The van der Waals surface area contributed by atoms with Crippen molar-refractivity contribution in [2.75, 3.05) is 0 Å². The standard InChI is InChI=1S/C29H29N5O5.BrH/c1-16(30)27(37)31-17(2)28(38)32-24(14-18-8-4-3-5-9-18)29(39)34-33-19-12-13-22-23(15-19)26(36)21-11-7-6-10-20(21)25(22)35;/h3-13,15-17,24,35-36H,14,30H2,1-2H3,(H,31,37)(H,32,38);1H/t16-,17?,24+;/m0./s1. The highest BCUT2D eigenvalue weighted by molar-refractivity contribution is 8.93. The Balaban J connectivity index is 0.00000441. The molecule has 3 atom stereocenters. The first-order valence-corrected chi connectivity index (χ1v) is 12.4. The molecule has 0 radical (unpaired) electrons. The second-order valence-corrected chi connectivity index (χ2v) is 9.28. The van der Waals surface area contributed by atoms with Gasteiger partial charge in [0, 0.05) is 28.0 Å². The number of benzene rings is 4. The third kappa shape index (κ3) is 6.80. The highest BCUT2D eigenvalue weighted by Gasteiger charge is 2.25. The highest BCUT2D eigenvalue weighted by Crippen LogP contribution is 2.42. The van der Waals surface area contributed by atoms with E-state index in [2.05, 4.69) is 20.9 Å². The quantitative estimate of drug-likeness (QED) is 0.114. The lowest BCUT2D eigenvalue weighted by molar-refractivity contribution is -0.131. The molecule has 208 valence electrons. The minimum Gasteiger partial charge on any atom is -0.507 e. The number of carbonyl (C=O) groups excluding carboxylic acids is 3. The minimum atomic E-state index is -1.06. The summed E-state index contributed by atoms with van der Waals surface area (Å²) in [5.74, 6) is -1.79. The Morgan fingerprint density at radius 1 is 0.800 bits per heavy atom. The molecule has 40 heavy (non-hydrogen) atoms. The number of halogens is 1. The van der Waals surface area contributed by atoms with Crippen LogP contribution in [0.15, 0.2) is 83.0 Å². The van der Waals surface area contributed by atoms with E-state index in [0.29, 0.717) is 21.5 Å². The van der Waals surface area contributed by atoms with Gasteiger partial charge in [0.25, 0.3) is 5.91 Å². The van der Waals surface area contributed by atoms with Crippen LogP contribution < -0.4 is 16.4 Å². The molecule has 0 bridgehead atoms. The van der Waals surface area contributed by atoms with Crippen molar-refractivity contribution in [1.29, 1.82) is 0 Å². The zero-order chi connectivity index (χ0) is 28.1. The number of aromatic hydroxyl groups is 2. The van der Waals surface area contributed by atoms with Gasteiger partial charge in [0.2, 0.25) is 11.8 Å². The second kappa shape index (κ2) is 13.1. The number of phenols is 2. The van der Waals surface area contributed by atoms with E-state index in [0.717, 1.165) is 5.56 Å². The number of rotatable bonds is 8. The van der Waals surface area contributed by atoms with Crippen LogP contribution in [0.2, 0.25) is 0 Å². The molecule has 4 aromatic rings. The molecule has 0 heterocycles. The van der Waals surface area contributed by atoms with Gasteiger partial charge in [-0.2, -0.15) is 0 Å². The van der Waals surface area contributed by atoms with Crippen LogP contribution in [-0.2, 0) is 20.8 Å². The molecule has 0 saturated carbocycles. The number of nitrogens with zero attached hydrogens (tertiary/aromatic N) is 2. The Morgan fingerprint density at radius 2 is 1.38 bits per heavy atom. The molecule has 4 aromatic carbocycles. The average molecular weight is 608 g/mol. The van der Waals surface area contributed by atoms with Gasteiger partial charge in [0.1, 0.15) is 23.6 Å². The summed E-state index contributed by atoms with van der Waals surface area (Å²) in [6, 6.07) is 17.9. The van der Waals surface area contributed by atoms with Crippen molar-refractivity contribution in [1.82, 2.24) is 10.6 Å². The van der Waals surface area contributed by atoms with Crippen molar-refractivity contribution < 1.29 is 24.6 Å². The predicted octanol–water partition coefficient (Wildman–Crippen LogP) is 4.17. The van der Waals surface area contributed by atoms with Crippen LogP contribution in [0, 0.1) is 0 Å². The summed E-state index contributed by atoms with van der Waals surface area (Å²) in [5.41, 5.74) is 6.61. The van der Waals surface area contributed by atoms with Gasteiger partial charge in [-0.15, -0.1) is 27.2 Å². The van der Waals surface area contributed by atoms with E-state index in [1.807, 2.05) is 30.3 Å². The molecule has 1 unspecified atom stereocenters. The fraction of sp³-hybridized carbons (Fsp3) is 0.207. The van der Waals surface area contributed by atoms with Crippen molar-refractivity contribution in [2.24, 2.45) is 16.0 Å². The first-order valence-electron chi connectivity index (χ1n) is 12.4. The number of nitrogens with two attached hydrogens (primary N) is 1. The van der Waals surface area contributed by atoms with Crippen LogP contribution in [0.1, 0.15) is 19.4 Å². The monoisotopic (exact) mass is 607 g/mol. The Kier molecular flexibility index (Phi) is 9.92. The van der Waals surface area contributed by atoms with Crippen LogP contribution in [0.5, 0.6) is 11.5 Å². The molecule has 0 saturated heterocycles.